The molecule has 1 saturated heterocycles. The molecule has 1 atom stereocenters. The van der Waals surface area contributed by atoms with E-state index >= 15 is 0 Å². The largest absolute Gasteiger partial charge is 0.341 e. The number of nitrogens with one attached hydrogen (secondary N) is 2. The number of aromatic amines is 1. The highest BCUT2D eigenvalue weighted by Crippen LogP contribution is 2.23. The van der Waals surface area contributed by atoms with Crippen molar-refractivity contribution in [1.82, 2.24) is 14.9 Å². The van der Waals surface area contributed by atoms with Gasteiger partial charge in [-0.3, -0.25) is 14.5 Å². The van der Waals surface area contributed by atoms with E-state index in [1.165, 1.54) is 12.8 Å². The maximum absolute atomic E-state index is 12.7. The van der Waals surface area contributed by atoms with Gasteiger partial charge in [0.1, 0.15) is 5.82 Å². The van der Waals surface area contributed by atoms with Crippen LogP contribution in [-0.2, 0) is 6.54 Å². The smallest absolute Gasteiger partial charge is 0.255 e. The van der Waals surface area contributed by atoms with Crippen LogP contribution in [0.1, 0.15) is 67.1 Å². The van der Waals surface area contributed by atoms with E-state index in [1.54, 1.807) is 24.3 Å². The van der Waals surface area contributed by atoms with E-state index < -0.39 is 5.41 Å². The molecule has 0 bridgehead atoms. The van der Waals surface area contributed by atoms with Crippen molar-refractivity contribution < 1.29 is 9.59 Å². The minimum Gasteiger partial charge on any atom is -0.341 e. The van der Waals surface area contributed by atoms with Crippen molar-refractivity contribution in [2.24, 2.45) is 5.41 Å². The molecule has 2 heterocycles. The molecule has 0 aliphatic carbocycles. The molecule has 0 unspecified atom stereocenters. The molecule has 4 rings (SSSR count). The molecule has 1 fully saturated rings. The second-order valence-corrected chi connectivity index (χ2v) is 9.49. The fraction of sp³-hybridized carbons (Fsp3) is 0.400. The number of hydrogen-bond acceptors (Lipinski definition) is 4. The minimum atomic E-state index is -0.450. The number of H-pyrrole nitrogens is 1. The Morgan fingerprint density at radius 2 is 1.84 bits per heavy atom. The first-order chi connectivity index (χ1) is 14.7. The van der Waals surface area contributed by atoms with Crippen molar-refractivity contribution in [3.05, 3.63) is 59.4 Å². The number of hydrogen-bond donors (Lipinski definition) is 2. The van der Waals surface area contributed by atoms with Crippen molar-refractivity contribution in [1.29, 1.82) is 0 Å². The van der Waals surface area contributed by atoms with Gasteiger partial charge < -0.3 is 10.3 Å². The first kappa shape index (κ1) is 21.2. The molecule has 1 amide bonds. The van der Waals surface area contributed by atoms with Gasteiger partial charge >= 0.3 is 0 Å². The summed E-state index contributed by atoms with van der Waals surface area (Å²) < 4.78 is 0. The van der Waals surface area contributed by atoms with E-state index in [9.17, 15) is 9.59 Å². The van der Waals surface area contributed by atoms with Crippen molar-refractivity contribution in [2.75, 3.05) is 11.9 Å². The van der Waals surface area contributed by atoms with Crippen LogP contribution in [0.4, 0.5) is 5.69 Å². The standard InChI is InChI=1S/C25H30N4O2/c1-16-6-5-13-29(16)15-22-27-20-12-11-19(14-21(20)28-22)26-24(31)18-9-7-17(8-10-18)23(30)25(2,3)4/h7-12,14,16H,5-6,13,15H2,1-4H3,(H,26,31)(H,27,28)/t16-/m0/s1. The Bertz CT molecular complexity index is 1110. The molecule has 0 radical (unpaired) electrons. The summed E-state index contributed by atoms with van der Waals surface area (Å²) in [6, 6.07) is 13.1. The Morgan fingerprint density at radius 3 is 2.48 bits per heavy atom. The first-order valence-electron chi connectivity index (χ1n) is 10.9. The van der Waals surface area contributed by atoms with Gasteiger partial charge in [-0.1, -0.05) is 32.9 Å². The molecule has 1 aromatic heterocycles. The summed E-state index contributed by atoms with van der Waals surface area (Å²) >= 11 is 0. The van der Waals surface area contributed by atoms with Gasteiger partial charge in [0, 0.05) is 28.3 Å². The zero-order valence-electron chi connectivity index (χ0n) is 18.7. The van der Waals surface area contributed by atoms with E-state index in [4.69, 9.17) is 4.98 Å². The molecule has 6 heteroatoms. The number of nitrogens with zero attached hydrogens (tertiary/aromatic N) is 2. The molecule has 6 nitrogen and oxygen atoms in total. The number of amides is 1. The Morgan fingerprint density at radius 1 is 1.13 bits per heavy atom. The van der Waals surface area contributed by atoms with Crippen molar-refractivity contribution in [3.63, 3.8) is 0 Å². The van der Waals surface area contributed by atoms with E-state index in [2.05, 4.69) is 22.1 Å². The highest BCUT2D eigenvalue weighted by atomic mass is 16.1. The van der Waals surface area contributed by atoms with Gasteiger partial charge in [-0.25, -0.2) is 4.98 Å². The number of imidazole rings is 1. The fourth-order valence-electron chi connectivity index (χ4n) is 4.04. The van der Waals surface area contributed by atoms with Gasteiger partial charge in [-0.15, -0.1) is 0 Å². The van der Waals surface area contributed by atoms with Crippen molar-refractivity contribution in [2.45, 2.75) is 53.1 Å². The van der Waals surface area contributed by atoms with E-state index in [1.807, 2.05) is 39.0 Å². The maximum Gasteiger partial charge on any atom is 0.255 e. The summed E-state index contributed by atoms with van der Waals surface area (Å²) in [5.41, 5.74) is 3.17. The number of likely N-dealkylation sites (tertiary alicyclic amines) is 1. The fourth-order valence-corrected chi connectivity index (χ4v) is 4.04. The van der Waals surface area contributed by atoms with E-state index in [0.29, 0.717) is 22.9 Å². The third kappa shape index (κ3) is 4.69. The average Bonchev–Trinajstić information content (AvgIpc) is 3.32. The molecule has 1 aliphatic rings. The Labute approximate surface area is 183 Å². The molecule has 31 heavy (non-hydrogen) atoms. The van der Waals surface area contributed by atoms with Crippen LogP contribution in [0.15, 0.2) is 42.5 Å². The number of rotatable bonds is 5. The monoisotopic (exact) mass is 418 g/mol. The van der Waals surface area contributed by atoms with Gasteiger partial charge in [0.05, 0.1) is 17.6 Å². The van der Waals surface area contributed by atoms with Gasteiger partial charge in [-0.05, 0) is 56.6 Å². The molecular formula is C25H30N4O2. The Balaban J connectivity index is 1.45. The number of anilines is 1. The number of fused-ring (bicyclic) bond motifs is 1. The molecule has 0 spiro atoms. The molecular weight excluding hydrogens is 388 g/mol. The molecule has 3 aromatic rings. The summed E-state index contributed by atoms with van der Waals surface area (Å²) in [6.45, 7) is 9.85. The predicted molar refractivity (Wildman–Crippen MR) is 123 cm³/mol. The average molecular weight is 419 g/mol. The lowest BCUT2D eigenvalue weighted by Crippen LogP contribution is -2.26. The summed E-state index contributed by atoms with van der Waals surface area (Å²) in [5.74, 6) is 0.796. The maximum atomic E-state index is 12.7. The predicted octanol–water partition coefficient (Wildman–Crippen LogP) is 5.03. The van der Waals surface area contributed by atoms with Gasteiger partial charge in [0.2, 0.25) is 0 Å². The molecule has 1 aliphatic heterocycles. The summed E-state index contributed by atoms with van der Waals surface area (Å²) in [4.78, 5) is 35.6. The van der Waals surface area contributed by atoms with Crippen LogP contribution in [0.5, 0.6) is 0 Å². The van der Waals surface area contributed by atoms with Crippen LogP contribution in [0.25, 0.3) is 11.0 Å². The minimum absolute atomic E-state index is 0.0579. The topological polar surface area (TPSA) is 78.1 Å². The zero-order valence-corrected chi connectivity index (χ0v) is 18.7. The number of carbonyl (C=O) groups excluding carboxylic acids is 2. The summed E-state index contributed by atoms with van der Waals surface area (Å²) in [7, 11) is 0. The van der Waals surface area contributed by atoms with Crippen LogP contribution in [0.2, 0.25) is 0 Å². The second kappa shape index (κ2) is 8.27. The van der Waals surface area contributed by atoms with Crippen LogP contribution < -0.4 is 5.32 Å². The molecule has 2 aromatic carbocycles. The van der Waals surface area contributed by atoms with Crippen LogP contribution in [0, 0.1) is 5.41 Å². The normalized spacial score (nSPS) is 17.2. The Hall–Kier alpha value is -2.99. The van der Waals surface area contributed by atoms with Gasteiger partial charge in [0.15, 0.2) is 5.78 Å². The SMILES string of the molecule is C[C@H]1CCCN1Cc1nc2cc(NC(=O)c3ccc(C(=O)C(C)(C)C)cc3)ccc2[nH]1. The number of Topliss-reactive ketones (excluding diaryl/α,β-unsaturated/α-hetero) is 1. The van der Waals surface area contributed by atoms with Crippen LogP contribution in [-0.4, -0.2) is 39.1 Å². The number of ketones is 1. The zero-order chi connectivity index (χ0) is 22.2. The third-order valence-corrected chi connectivity index (χ3v) is 5.92. The van der Waals surface area contributed by atoms with Crippen molar-refractivity contribution in [3.8, 4) is 0 Å². The van der Waals surface area contributed by atoms with Crippen LogP contribution in [0.3, 0.4) is 0 Å². The number of carbonyl (C=O) groups is 2. The number of aromatic nitrogens is 2. The second-order valence-electron chi connectivity index (χ2n) is 9.49. The highest BCUT2D eigenvalue weighted by Gasteiger charge is 2.23. The highest BCUT2D eigenvalue weighted by molar-refractivity contribution is 6.06. The third-order valence-electron chi connectivity index (χ3n) is 5.92. The number of benzene rings is 2. The lowest BCUT2D eigenvalue weighted by atomic mass is 9.86. The van der Waals surface area contributed by atoms with E-state index in [0.717, 1.165) is 29.9 Å². The van der Waals surface area contributed by atoms with Gasteiger partial charge in [-0.2, -0.15) is 0 Å². The molecule has 162 valence electrons. The summed E-state index contributed by atoms with van der Waals surface area (Å²) in [6.07, 6.45) is 2.48. The first-order valence-corrected chi connectivity index (χ1v) is 10.9. The van der Waals surface area contributed by atoms with Crippen molar-refractivity contribution >= 4 is 28.4 Å². The summed E-state index contributed by atoms with van der Waals surface area (Å²) in [5, 5.41) is 2.93. The quantitative estimate of drug-likeness (QED) is 0.570. The van der Waals surface area contributed by atoms with Crippen LogP contribution >= 0.6 is 0 Å². The lowest BCUT2D eigenvalue weighted by Gasteiger charge is -2.19. The Kier molecular flexibility index (Phi) is 5.67. The van der Waals surface area contributed by atoms with Gasteiger partial charge in [0.25, 0.3) is 5.91 Å². The molecule has 0 saturated carbocycles. The molecule has 2 N–H and O–H groups in total. The lowest BCUT2D eigenvalue weighted by molar-refractivity contribution is 0.0857. The van der Waals surface area contributed by atoms with E-state index in [-0.39, 0.29) is 11.7 Å².